The number of likely N-dealkylation sites (N-methyl/N-ethyl adjacent to an activating group) is 1. The SMILES string of the molecule is CNc1cc(Nc2nccc(-c3ccc4c(cnn4C)c3)n2)c(OC)cc1N1CCC(N2CCN(C)CC2)CC1. The quantitative estimate of drug-likeness (QED) is 0.360. The molecule has 2 aliphatic heterocycles. The molecule has 210 valence electrons. The highest BCUT2D eigenvalue weighted by atomic mass is 16.5. The number of aromatic nitrogens is 4. The molecule has 0 spiro atoms. The molecular formula is C30H39N9O. The number of piperazine rings is 1. The molecule has 0 atom stereocenters. The number of hydrogen-bond acceptors (Lipinski definition) is 9. The Morgan fingerprint density at radius 1 is 0.925 bits per heavy atom. The Morgan fingerprint density at radius 2 is 1.73 bits per heavy atom. The Kier molecular flexibility index (Phi) is 7.44. The van der Waals surface area contributed by atoms with E-state index in [0.29, 0.717) is 12.0 Å². The summed E-state index contributed by atoms with van der Waals surface area (Å²) in [5.41, 5.74) is 5.99. The molecule has 0 saturated carbocycles. The fourth-order valence-electron chi connectivity index (χ4n) is 5.98. The molecule has 2 aromatic carbocycles. The number of benzene rings is 2. The molecule has 0 bridgehead atoms. The molecule has 0 unspecified atom stereocenters. The van der Waals surface area contributed by atoms with Crippen LogP contribution in [0.2, 0.25) is 0 Å². The Hall–Kier alpha value is -3.89. The van der Waals surface area contributed by atoms with E-state index in [4.69, 9.17) is 9.72 Å². The second kappa shape index (κ2) is 11.3. The average molecular weight is 542 g/mol. The van der Waals surface area contributed by atoms with Gasteiger partial charge in [-0.15, -0.1) is 0 Å². The summed E-state index contributed by atoms with van der Waals surface area (Å²) in [5.74, 6) is 1.28. The summed E-state index contributed by atoms with van der Waals surface area (Å²) in [5, 5.41) is 12.2. The summed E-state index contributed by atoms with van der Waals surface area (Å²) in [6.07, 6.45) is 6.02. The number of nitrogens with zero attached hydrogens (tertiary/aromatic N) is 7. The van der Waals surface area contributed by atoms with Gasteiger partial charge in [0.25, 0.3) is 0 Å². The summed E-state index contributed by atoms with van der Waals surface area (Å²) >= 11 is 0. The van der Waals surface area contributed by atoms with Crippen LogP contribution in [0.15, 0.2) is 48.8 Å². The van der Waals surface area contributed by atoms with Gasteiger partial charge in [0.15, 0.2) is 0 Å². The Morgan fingerprint density at radius 3 is 2.48 bits per heavy atom. The first-order valence-corrected chi connectivity index (χ1v) is 14.1. The third kappa shape index (κ3) is 5.29. The van der Waals surface area contributed by atoms with Crippen LogP contribution in [0.3, 0.4) is 0 Å². The Bertz CT molecular complexity index is 1470. The van der Waals surface area contributed by atoms with Crippen molar-refractivity contribution < 1.29 is 4.74 Å². The predicted octanol–water partition coefficient (Wildman–Crippen LogP) is 4.04. The van der Waals surface area contributed by atoms with Crippen molar-refractivity contribution >= 4 is 33.9 Å². The third-order valence-corrected chi connectivity index (χ3v) is 8.39. The van der Waals surface area contributed by atoms with Crippen molar-refractivity contribution in [2.24, 2.45) is 7.05 Å². The van der Waals surface area contributed by atoms with E-state index >= 15 is 0 Å². The molecular weight excluding hydrogens is 502 g/mol. The van der Waals surface area contributed by atoms with Gasteiger partial charge in [-0.25, -0.2) is 9.97 Å². The van der Waals surface area contributed by atoms with Crippen LogP contribution in [0, 0.1) is 0 Å². The van der Waals surface area contributed by atoms with Gasteiger partial charge >= 0.3 is 0 Å². The molecule has 0 aliphatic carbocycles. The van der Waals surface area contributed by atoms with Crippen molar-refractivity contribution in [3.8, 4) is 17.0 Å². The smallest absolute Gasteiger partial charge is 0.227 e. The predicted molar refractivity (Wildman–Crippen MR) is 162 cm³/mol. The molecule has 2 saturated heterocycles. The number of anilines is 4. The average Bonchev–Trinajstić information content (AvgIpc) is 3.37. The van der Waals surface area contributed by atoms with Crippen molar-refractivity contribution in [1.82, 2.24) is 29.5 Å². The van der Waals surface area contributed by atoms with E-state index in [-0.39, 0.29) is 0 Å². The standard InChI is InChI=1S/C30H39N9O/c1-31-25-18-26(35-30-32-10-7-24(34-30)21-5-6-27-22(17-21)20-33-37(27)3)29(40-4)19-28(25)39-11-8-23(9-12-39)38-15-13-36(2)14-16-38/h5-7,10,17-20,23,31H,8-9,11-16H2,1-4H3,(H,32,34,35). The molecule has 4 aromatic rings. The van der Waals surface area contributed by atoms with Crippen molar-refractivity contribution in [1.29, 1.82) is 0 Å². The molecule has 2 aliphatic rings. The molecule has 2 aromatic heterocycles. The van der Waals surface area contributed by atoms with Gasteiger partial charge in [-0.3, -0.25) is 9.58 Å². The lowest BCUT2D eigenvalue weighted by atomic mass is 10.0. The van der Waals surface area contributed by atoms with Crippen LogP contribution in [0.4, 0.5) is 23.0 Å². The molecule has 10 nitrogen and oxygen atoms in total. The van der Waals surface area contributed by atoms with Crippen molar-refractivity contribution in [2.75, 3.05) is 76.0 Å². The van der Waals surface area contributed by atoms with E-state index in [1.54, 1.807) is 13.3 Å². The van der Waals surface area contributed by atoms with Crippen molar-refractivity contribution in [2.45, 2.75) is 18.9 Å². The van der Waals surface area contributed by atoms with Crippen molar-refractivity contribution in [3.63, 3.8) is 0 Å². The highest BCUT2D eigenvalue weighted by Gasteiger charge is 2.28. The Balaban J connectivity index is 1.19. The van der Waals surface area contributed by atoms with Crippen LogP contribution < -0.4 is 20.3 Å². The molecule has 10 heteroatoms. The maximum absolute atomic E-state index is 5.85. The normalized spacial score (nSPS) is 17.4. The first kappa shape index (κ1) is 26.3. The minimum absolute atomic E-state index is 0.518. The topological polar surface area (TPSA) is 86.6 Å². The number of methoxy groups -OCH3 is 1. The maximum Gasteiger partial charge on any atom is 0.227 e. The van der Waals surface area contributed by atoms with E-state index in [0.717, 1.165) is 52.4 Å². The van der Waals surface area contributed by atoms with E-state index in [9.17, 15) is 0 Å². The van der Waals surface area contributed by atoms with Gasteiger partial charge in [-0.1, -0.05) is 6.07 Å². The van der Waals surface area contributed by atoms with Crippen LogP contribution in [0.25, 0.3) is 22.2 Å². The van der Waals surface area contributed by atoms with Gasteiger partial charge < -0.3 is 25.2 Å². The van der Waals surface area contributed by atoms with E-state index in [2.05, 4.69) is 72.8 Å². The Labute approximate surface area is 235 Å². The zero-order valence-electron chi connectivity index (χ0n) is 23.9. The van der Waals surface area contributed by atoms with Crippen LogP contribution in [-0.4, -0.2) is 96.1 Å². The molecule has 40 heavy (non-hydrogen) atoms. The summed E-state index contributed by atoms with van der Waals surface area (Å²) in [7, 11) is 7.85. The number of piperidine rings is 1. The highest BCUT2D eigenvalue weighted by Crippen LogP contribution is 2.39. The summed E-state index contributed by atoms with van der Waals surface area (Å²) < 4.78 is 7.72. The molecule has 0 radical (unpaired) electrons. The minimum atomic E-state index is 0.518. The minimum Gasteiger partial charge on any atom is -0.494 e. The monoisotopic (exact) mass is 541 g/mol. The van der Waals surface area contributed by atoms with Crippen LogP contribution in [0.1, 0.15) is 12.8 Å². The van der Waals surface area contributed by atoms with Gasteiger partial charge in [-0.2, -0.15) is 5.10 Å². The summed E-state index contributed by atoms with van der Waals surface area (Å²) in [6.45, 7) is 6.77. The van der Waals surface area contributed by atoms with Crippen molar-refractivity contribution in [3.05, 3.63) is 48.8 Å². The van der Waals surface area contributed by atoms with E-state index < -0.39 is 0 Å². The summed E-state index contributed by atoms with van der Waals surface area (Å²) in [4.78, 5) is 16.9. The second-order valence-corrected chi connectivity index (χ2v) is 10.8. The number of aryl methyl sites for hydroxylation is 1. The van der Waals surface area contributed by atoms with E-state index in [1.807, 2.05) is 31.0 Å². The third-order valence-electron chi connectivity index (χ3n) is 8.39. The molecule has 2 fully saturated rings. The lowest BCUT2D eigenvalue weighted by Gasteiger charge is -2.43. The zero-order valence-corrected chi connectivity index (χ0v) is 23.9. The first-order chi connectivity index (χ1) is 19.5. The van der Waals surface area contributed by atoms with Gasteiger partial charge in [0.2, 0.25) is 5.95 Å². The number of hydrogen-bond donors (Lipinski definition) is 2. The molecule has 0 amide bonds. The highest BCUT2D eigenvalue weighted by molar-refractivity contribution is 5.84. The largest absolute Gasteiger partial charge is 0.494 e. The molecule has 4 heterocycles. The van der Waals surface area contributed by atoms with Crippen LogP contribution in [-0.2, 0) is 7.05 Å². The number of ether oxygens (including phenoxy) is 1. The van der Waals surface area contributed by atoms with Crippen LogP contribution in [0.5, 0.6) is 5.75 Å². The maximum atomic E-state index is 5.85. The van der Waals surface area contributed by atoms with Gasteiger partial charge in [0, 0.05) is 82.6 Å². The fourth-order valence-corrected chi connectivity index (χ4v) is 5.98. The second-order valence-electron chi connectivity index (χ2n) is 10.8. The fraction of sp³-hybridized carbons (Fsp3) is 0.433. The first-order valence-electron chi connectivity index (χ1n) is 14.1. The molecule has 2 N–H and O–H groups in total. The number of nitrogens with one attached hydrogen (secondary N) is 2. The van der Waals surface area contributed by atoms with Gasteiger partial charge in [-0.05, 0) is 44.2 Å². The van der Waals surface area contributed by atoms with Gasteiger partial charge in [0.1, 0.15) is 5.75 Å². The van der Waals surface area contributed by atoms with Gasteiger partial charge in [0.05, 0.1) is 41.6 Å². The molecule has 6 rings (SSSR count). The number of rotatable bonds is 7. The summed E-state index contributed by atoms with van der Waals surface area (Å²) in [6, 6.07) is 13.1. The lowest BCUT2D eigenvalue weighted by Crippen LogP contribution is -2.52. The lowest BCUT2D eigenvalue weighted by molar-refractivity contribution is 0.0982. The van der Waals surface area contributed by atoms with E-state index in [1.165, 1.54) is 44.7 Å². The zero-order chi connectivity index (χ0) is 27.6. The number of fused-ring (bicyclic) bond motifs is 1. The van der Waals surface area contributed by atoms with Crippen LogP contribution >= 0.6 is 0 Å².